The molecule has 0 aliphatic carbocycles. The largest absolute Gasteiger partial charge is 0.483 e. The number of rotatable bonds is 3. The molecule has 23 heavy (non-hydrogen) atoms. The van der Waals surface area contributed by atoms with E-state index in [2.05, 4.69) is 4.72 Å². The molecule has 0 saturated carbocycles. The second-order valence-corrected chi connectivity index (χ2v) is 7.89. The fraction of sp³-hybridized carbons (Fsp3) is 0.222. The summed E-state index contributed by atoms with van der Waals surface area (Å²) >= 11 is 0. The standard InChI is InChI=1S/C18H19NO3S/c1-13-4-7-16(8-5-13)23(20,21)19-15-6-9-17-14(12-15)10-11-18(2,3)22-17/h4-12,19H,1-3H3. The van der Waals surface area contributed by atoms with Crippen molar-refractivity contribution >= 4 is 21.8 Å². The molecule has 3 rings (SSSR count). The third-order valence-corrected chi connectivity index (χ3v) is 5.03. The number of nitrogens with one attached hydrogen (secondary N) is 1. The summed E-state index contributed by atoms with van der Waals surface area (Å²) in [6.07, 6.45) is 3.90. The second-order valence-electron chi connectivity index (χ2n) is 6.21. The molecule has 0 fully saturated rings. The molecule has 2 aromatic rings. The van der Waals surface area contributed by atoms with Crippen LogP contribution in [0.15, 0.2) is 53.4 Å². The number of fused-ring (bicyclic) bond motifs is 1. The molecule has 0 bridgehead atoms. The van der Waals surface area contributed by atoms with Crippen LogP contribution in [0.4, 0.5) is 5.69 Å². The summed E-state index contributed by atoms with van der Waals surface area (Å²) in [5.41, 5.74) is 2.03. The molecule has 0 amide bonds. The molecule has 4 nitrogen and oxygen atoms in total. The highest BCUT2D eigenvalue weighted by Gasteiger charge is 2.22. The molecule has 2 aromatic carbocycles. The van der Waals surface area contributed by atoms with Crippen molar-refractivity contribution in [1.82, 2.24) is 0 Å². The SMILES string of the molecule is Cc1ccc(S(=O)(=O)Nc2ccc3c(c2)C=CC(C)(C)O3)cc1. The second kappa shape index (κ2) is 5.42. The molecule has 0 atom stereocenters. The summed E-state index contributed by atoms with van der Waals surface area (Å²) < 4.78 is 33.3. The van der Waals surface area contributed by atoms with E-state index in [4.69, 9.17) is 4.74 Å². The van der Waals surface area contributed by atoms with Crippen molar-refractivity contribution in [3.05, 3.63) is 59.7 Å². The quantitative estimate of drug-likeness (QED) is 0.926. The first-order valence-electron chi connectivity index (χ1n) is 7.37. The Kier molecular flexibility index (Phi) is 3.68. The summed E-state index contributed by atoms with van der Waals surface area (Å²) in [4.78, 5) is 0.244. The predicted molar refractivity (Wildman–Crippen MR) is 92.2 cm³/mol. The van der Waals surface area contributed by atoms with Gasteiger partial charge in [0.25, 0.3) is 10.0 Å². The van der Waals surface area contributed by atoms with Gasteiger partial charge in [0, 0.05) is 11.3 Å². The van der Waals surface area contributed by atoms with E-state index in [0.29, 0.717) is 5.69 Å². The van der Waals surface area contributed by atoms with Crippen LogP contribution in [0.5, 0.6) is 5.75 Å². The van der Waals surface area contributed by atoms with E-state index in [-0.39, 0.29) is 10.5 Å². The number of hydrogen-bond acceptors (Lipinski definition) is 3. The lowest BCUT2D eigenvalue weighted by atomic mass is 10.0. The van der Waals surface area contributed by atoms with Gasteiger partial charge in [-0.05, 0) is 57.2 Å². The molecule has 1 aliphatic heterocycles. The van der Waals surface area contributed by atoms with Crippen molar-refractivity contribution in [3.63, 3.8) is 0 Å². The van der Waals surface area contributed by atoms with Gasteiger partial charge in [-0.1, -0.05) is 23.8 Å². The highest BCUT2D eigenvalue weighted by atomic mass is 32.2. The molecule has 1 heterocycles. The Hall–Kier alpha value is -2.27. The van der Waals surface area contributed by atoms with Crippen molar-refractivity contribution in [2.45, 2.75) is 31.3 Å². The third kappa shape index (κ3) is 3.40. The number of sulfonamides is 1. The van der Waals surface area contributed by atoms with Gasteiger partial charge >= 0.3 is 0 Å². The average molecular weight is 329 g/mol. The van der Waals surface area contributed by atoms with Crippen LogP contribution in [0.1, 0.15) is 25.0 Å². The van der Waals surface area contributed by atoms with E-state index in [9.17, 15) is 8.42 Å². The molecule has 1 aliphatic rings. The van der Waals surface area contributed by atoms with Gasteiger partial charge in [0.2, 0.25) is 0 Å². The summed E-state index contributed by atoms with van der Waals surface area (Å²) in [5, 5.41) is 0. The maximum Gasteiger partial charge on any atom is 0.261 e. The number of benzene rings is 2. The van der Waals surface area contributed by atoms with E-state index in [0.717, 1.165) is 16.9 Å². The fourth-order valence-electron chi connectivity index (χ4n) is 2.37. The lowest BCUT2D eigenvalue weighted by molar-refractivity contribution is 0.159. The van der Waals surface area contributed by atoms with Crippen LogP contribution < -0.4 is 9.46 Å². The summed E-state index contributed by atoms with van der Waals surface area (Å²) in [7, 11) is -3.59. The molecular formula is C18H19NO3S. The average Bonchev–Trinajstić information content (AvgIpc) is 2.47. The smallest absolute Gasteiger partial charge is 0.261 e. The highest BCUT2D eigenvalue weighted by molar-refractivity contribution is 7.92. The van der Waals surface area contributed by atoms with Crippen LogP contribution in [0.3, 0.4) is 0 Å². The van der Waals surface area contributed by atoms with Crippen LogP contribution in [-0.2, 0) is 10.0 Å². The number of aryl methyl sites for hydroxylation is 1. The van der Waals surface area contributed by atoms with Crippen LogP contribution in [0, 0.1) is 6.92 Å². The number of ether oxygens (including phenoxy) is 1. The topological polar surface area (TPSA) is 55.4 Å². The van der Waals surface area contributed by atoms with Crippen molar-refractivity contribution in [2.75, 3.05) is 4.72 Å². The van der Waals surface area contributed by atoms with E-state index in [1.165, 1.54) is 0 Å². The zero-order valence-electron chi connectivity index (χ0n) is 13.3. The zero-order chi connectivity index (χ0) is 16.7. The maximum atomic E-state index is 12.4. The molecule has 0 spiro atoms. The highest BCUT2D eigenvalue weighted by Crippen LogP contribution is 2.33. The van der Waals surface area contributed by atoms with Crippen molar-refractivity contribution < 1.29 is 13.2 Å². The number of hydrogen-bond donors (Lipinski definition) is 1. The van der Waals surface area contributed by atoms with Crippen LogP contribution in [0.25, 0.3) is 6.08 Å². The third-order valence-electron chi connectivity index (χ3n) is 3.63. The monoisotopic (exact) mass is 329 g/mol. The van der Waals surface area contributed by atoms with Gasteiger partial charge in [-0.3, -0.25) is 4.72 Å². The van der Waals surface area contributed by atoms with E-state index >= 15 is 0 Å². The van der Waals surface area contributed by atoms with E-state index in [1.54, 1.807) is 42.5 Å². The molecule has 0 unspecified atom stereocenters. The lowest BCUT2D eigenvalue weighted by Crippen LogP contribution is -2.27. The first-order valence-corrected chi connectivity index (χ1v) is 8.85. The Morgan fingerprint density at radius 2 is 1.74 bits per heavy atom. The predicted octanol–water partition coefficient (Wildman–Crippen LogP) is 3.98. The Labute approximate surface area is 136 Å². The summed E-state index contributed by atoms with van der Waals surface area (Å²) in [6.45, 7) is 5.86. The Morgan fingerprint density at radius 1 is 1.04 bits per heavy atom. The Balaban J connectivity index is 1.88. The van der Waals surface area contributed by atoms with Gasteiger partial charge in [-0.25, -0.2) is 8.42 Å². The van der Waals surface area contributed by atoms with Crippen LogP contribution in [-0.4, -0.2) is 14.0 Å². The van der Waals surface area contributed by atoms with Gasteiger partial charge < -0.3 is 4.74 Å². The van der Waals surface area contributed by atoms with Crippen LogP contribution >= 0.6 is 0 Å². The van der Waals surface area contributed by atoms with Gasteiger partial charge in [0.1, 0.15) is 11.4 Å². The van der Waals surface area contributed by atoms with Crippen molar-refractivity contribution in [2.24, 2.45) is 0 Å². The molecule has 5 heteroatoms. The first-order chi connectivity index (χ1) is 10.8. The maximum absolute atomic E-state index is 12.4. The molecule has 0 radical (unpaired) electrons. The summed E-state index contributed by atoms with van der Waals surface area (Å²) in [5.74, 6) is 0.746. The van der Waals surface area contributed by atoms with Crippen molar-refractivity contribution in [3.8, 4) is 5.75 Å². The first kappa shape index (κ1) is 15.6. The van der Waals surface area contributed by atoms with E-state index < -0.39 is 10.0 Å². The van der Waals surface area contributed by atoms with Gasteiger partial charge in [-0.15, -0.1) is 0 Å². The number of anilines is 1. The van der Waals surface area contributed by atoms with Crippen LogP contribution in [0.2, 0.25) is 0 Å². The molecule has 120 valence electrons. The summed E-state index contributed by atoms with van der Waals surface area (Å²) in [6, 6.07) is 12.0. The minimum Gasteiger partial charge on any atom is -0.483 e. The zero-order valence-corrected chi connectivity index (χ0v) is 14.1. The normalized spacial score (nSPS) is 15.6. The minimum atomic E-state index is -3.59. The Bertz CT molecular complexity index is 866. The van der Waals surface area contributed by atoms with Gasteiger partial charge in [0.05, 0.1) is 4.90 Å². The molecule has 0 saturated heterocycles. The minimum absolute atomic E-state index is 0.244. The van der Waals surface area contributed by atoms with Crippen molar-refractivity contribution in [1.29, 1.82) is 0 Å². The molecule has 1 N–H and O–H groups in total. The molecular weight excluding hydrogens is 310 g/mol. The van der Waals surface area contributed by atoms with E-state index in [1.807, 2.05) is 32.9 Å². The Morgan fingerprint density at radius 3 is 2.43 bits per heavy atom. The lowest BCUT2D eigenvalue weighted by Gasteiger charge is -2.28. The van der Waals surface area contributed by atoms with Gasteiger partial charge in [-0.2, -0.15) is 0 Å². The fourth-order valence-corrected chi connectivity index (χ4v) is 3.42. The van der Waals surface area contributed by atoms with Gasteiger partial charge in [0.15, 0.2) is 0 Å². The molecule has 0 aromatic heterocycles.